The summed E-state index contributed by atoms with van der Waals surface area (Å²) in [5.74, 6) is 6.40. The minimum absolute atomic E-state index is 0.258. The Labute approximate surface area is 105 Å². The predicted octanol–water partition coefficient (Wildman–Crippen LogP) is 2.05. The first-order chi connectivity index (χ1) is 8.27. The summed E-state index contributed by atoms with van der Waals surface area (Å²) in [5, 5.41) is 8.57. The monoisotopic (exact) mass is 254 g/mol. The Balaban J connectivity index is 2.61. The molecule has 0 heterocycles. The first-order valence-electron chi connectivity index (χ1n) is 5.22. The van der Waals surface area contributed by atoms with Gasteiger partial charge in [-0.25, -0.2) is 4.39 Å². The van der Waals surface area contributed by atoms with Crippen LogP contribution in [0.4, 0.5) is 4.39 Å². The van der Waals surface area contributed by atoms with Gasteiger partial charge in [-0.1, -0.05) is 17.9 Å². The zero-order chi connectivity index (χ0) is 12.5. The molecule has 92 valence electrons. The molecule has 0 saturated carbocycles. The molecule has 0 atom stereocenters. The normalized spacial score (nSPS) is 9.82. The van der Waals surface area contributed by atoms with Crippen LogP contribution in [0.1, 0.15) is 11.1 Å². The second-order valence-corrected chi connectivity index (χ2v) is 4.42. The molecule has 0 saturated heterocycles. The molecule has 0 radical (unpaired) electrons. The SMILES string of the molecule is COCCSCc1ccc(F)c(C#CCO)c1. The number of thioether (sulfide) groups is 1. The van der Waals surface area contributed by atoms with E-state index in [9.17, 15) is 4.39 Å². The van der Waals surface area contributed by atoms with Crippen LogP contribution in [0.15, 0.2) is 18.2 Å². The zero-order valence-corrected chi connectivity index (χ0v) is 10.5. The van der Waals surface area contributed by atoms with Crippen molar-refractivity contribution in [3.63, 3.8) is 0 Å². The number of rotatable bonds is 5. The number of methoxy groups -OCH3 is 1. The van der Waals surface area contributed by atoms with Crippen LogP contribution in [0.25, 0.3) is 0 Å². The minimum Gasteiger partial charge on any atom is -0.384 e. The second-order valence-electron chi connectivity index (χ2n) is 3.32. The summed E-state index contributed by atoms with van der Waals surface area (Å²) in [6, 6.07) is 4.88. The van der Waals surface area contributed by atoms with E-state index in [1.807, 2.05) is 0 Å². The van der Waals surface area contributed by atoms with E-state index in [2.05, 4.69) is 11.8 Å². The predicted molar refractivity (Wildman–Crippen MR) is 68.4 cm³/mol. The van der Waals surface area contributed by atoms with Gasteiger partial charge >= 0.3 is 0 Å². The summed E-state index contributed by atoms with van der Waals surface area (Å²) < 4.78 is 18.3. The van der Waals surface area contributed by atoms with Crippen molar-refractivity contribution in [3.8, 4) is 11.8 Å². The quantitative estimate of drug-likeness (QED) is 0.644. The van der Waals surface area contributed by atoms with E-state index >= 15 is 0 Å². The summed E-state index contributed by atoms with van der Waals surface area (Å²) in [7, 11) is 1.67. The second kappa shape index (κ2) is 8.13. The zero-order valence-electron chi connectivity index (χ0n) is 9.70. The van der Waals surface area contributed by atoms with E-state index in [4.69, 9.17) is 9.84 Å². The van der Waals surface area contributed by atoms with E-state index in [0.29, 0.717) is 12.2 Å². The third kappa shape index (κ3) is 5.22. The fourth-order valence-electron chi connectivity index (χ4n) is 1.23. The third-order valence-electron chi connectivity index (χ3n) is 2.03. The van der Waals surface area contributed by atoms with Gasteiger partial charge < -0.3 is 9.84 Å². The van der Waals surface area contributed by atoms with Gasteiger partial charge in [0.15, 0.2) is 0 Å². The molecule has 1 aromatic rings. The molecule has 0 amide bonds. The number of ether oxygens (including phenoxy) is 1. The molecule has 1 N–H and O–H groups in total. The van der Waals surface area contributed by atoms with Gasteiger partial charge in [-0.2, -0.15) is 11.8 Å². The van der Waals surface area contributed by atoms with E-state index in [0.717, 1.165) is 17.1 Å². The number of benzene rings is 1. The number of aliphatic hydroxyl groups excluding tert-OH is 1. The highest BCUT2D eigenvalue weighted by molar-refractivity contribution is 7.98. The summed E-state index contributed by atoms with van der Waals surface area (Å²) in [6.07, 6.45) is 0. The summed E-state index contributed by atoms with van der Waals surface area (Å²) >= 11 is 1.72. The van der Waals surface area contributed by atoms with Crippen molar-refractivity contribution in [2.45, 2.75) is 5.75 Å². The molecule has 17 heavy (non-hydrogen) atoms. The van der Waals surface area contributed by atoms with Gasteiger partial charge in [0.25, 0.3) is 0 Å². The van der Waals surface area contributed by atoms with Crippen molar-refractivity contribution < 1.29 is 14.2 Å². The van der Waals surface area contributed by atoms with Gasteiger partial charge in [-0.15, -0.1) is 0 Å². The van der Waals surface area contributed by atoms with Crippen LogP contribution >= 0.6 is 11.8 Å². The molecule has 4 heteroatoms. The van der Waals surface area contributed by atoms with Crippen LogP contribution in [0.2, 0.25) is 0 Å². The smallest absolute Gasteiger partial charge is 0.138 e. The minimum atomic E-state index is -0.350. The molecule has 0 aromatic heterocycles. The summed E-state index contributed by atoms with van der Waals surface area (Å²) in [4.78, 5) is 0. The van der Waals surface area contributed by atoms with Gasteiger partial charge in [0.05, 0.1) is 12.2 Å². The van der Waals surface area contributed by atoms with Crippen LogP contribution in [0.5, 0.6) is 0 Å². The van der Waals surface area contributed by atoms with E-state index in [1.165, 1.54) is 6.07 Å². The van der Waals surface area contributed by atoms with Gasteiger partial charge in [0, 0.05) is 18.6 Å². The topological polar surface area (TPSA) is 29.5 Å². The van der Waals surface area contributed by atoms with Gasteiger partial charge in [-0.05, 0) is 17.7 Å². The Morgan fingerprint density at radius 1 is 1.47 bits per heavy atom. The first-order valence-corrected chi connectivity index (χ1v) is 6.38. The molecule has 1 aromatic carbocycles. The molecular weight excluding hydrogens is 239 g/mol. The lowest BCUT2D eigenvalue weighted by Gasteiger charge is -2.03. The number of hydrogen-bond donors (Lipinski definition) is 1. The lowest BCUT2D eigenvalue weighted by Crippen LogP contribution is -1.93. The van der Waals surface area contributed by atoms with Gasteiger partial charge in [0.2, 0.25) is 0 Å². The van der Waals surface area contributed by atoms with Crippen LogP contribution in [-0.4, -0.2) is 31.2 Å². The molecule has 0 spiro atoms. The van der Waals surface area contributed by atoms with Crippen LogP contribution in [0.3, 0.4) is 0 Å². The van der Waals surface area contributed by atoms with E-state index in [1.54, 1.807) is 31.0 Å². The average molecular weight is 254 g/mol. The third-order valence-corrected chi connectivity index (χ3v) is 3.03. The van der Waals surface area contributed by atoms with E-state index < -0.39 is 0 Å². The maximum Gasteiger partial charge on any atom is 0.138 e. The highest BCUT2D eigenvalue weighted by Crippen LogP contribution is 2.15. The fourth-order valence-corrected chi connectivity index (χ4v) is 2.07. The molecule has 0 aliphatic carbocycles. The van der Waals surface area contributed by atoms with Crippen molar-refractivity contribution in [2.75, 3.05) is 26.1 Å². The molecule has 1 rings (SSSR count). The van der Waals surface area contributed by atoms with Gasteiger partial charge in [-0.3, -0.25) is 0 Å². The maximum absolute atomic E-state index is 13.3. The lowest BCUT2D eigenvalue weighted by atomic mass is 10.1. The highest BCUT2D eigenvalue weighted by atomic mass is 32.2. The molecule has 2 nitrogen and oxygen atoms in total. The van der Waals surface area contributed by atoms with Gasteiger partial charge in [0.1, 0.15) is 12.4 Å². The van der Waals surface area contributed by atoms with E-state index in [-0.39, 0.29) is 12.4 Å². The lowest BCUT2D eigenvalue weighted by molar-refractivity contribution is 0.218. The molecule has 0 bridgehead atoms. The van der Waals surface area contributed by atoms with Crippen molar-refractivity contribution in [2.24, 2.45) is 0 Å². The van der Waals surface area contributed by atoms with Crippen LogP contribution in [0, 0.1) is 17.7 Å². The summed E-state index contributed by atoms with van der Waals surface area (Å²) in [5.41, 5.74) is 1.36. The Hall–Kier alpha value is -1.02. The standard InChI is InChI=1S/C13H15FO2S/c1-16-7-8-17-10-11-4-5-13(14)12(9-11)3-2-6-15/h4-5,9,15H,6-8,10H2,1H3. The number of aliphatic hydroxyl groups is 1. The number of hydrogen-bond acceptors (Lipinski definition) is 3. The average Bonchev–Trinajstić information content (AvgIpc) is 2.35. The van der Waals surface area contributed by atoms with Crippen molar-refractivity contribution in [3.05, 3.63) is 35.1 Å². The maximum atomic E-state index is 13.3. The first kappa shape index (κ1) is 14.0. The molecule has 0 fully saturated rings. The molecule has 0 unspecified atom stereocenters. The Morgan fingerprint density at radius 2 is 2.29 bits per heavy atom. The largest absolute Gasteiger partial charge is 0.384 e. The van der Waals surface area contributed by atoms with Crippen LogP contribution < -0.4 is 0 Å². The van der Waals surface area contributed by atoms with Crippen molar-refractivity contribution >= 4 is 11.8 Å². The Kier molecular flexibility index (Phi) is 6.71. The molecule has 0 aliphatic heterocycles. The number of halogens is 1. The Bertz CT molecular complexity index is 410. The molecule has 0 aliphatic rings. The Morgan fingerprint density at radius 3 is 3.00 bits per heavy atom. The summed E-state index contributed by atoms with van der Waals surface area (Å²) in [6.45, 7) is 0.454. The van der Waals surface area contributed by atoms with Crippen molar-refractivity contribution in [1.29, 1.82) is 0 Å². The van der Waals surface area contributed by atoms with Crippen LogP contribution in [-0.2, 0) is 10.5 Å². The molecular formula is C13H15FO2S. The fraction of sp³-hybridized carbons (Fsp3) is 0.385. The highest BCUT2D eigenvalue weighted by Gasteiger charge is 2.01. The van der Waals surface area contributed by atoms with Crippen molar-refractivity contribution in [1.82, 2.24) is 0 Å².